The lowest BCUT2D eigenvalue weighted by Gasteiger charge is -2.36. The number of unbranched alkanes of at least 4 members (excludes halogenated alkanes) is 6. The van der Waals surface area contributed by atoms with Crippen molar-refractivity contribution in [3.05, 3.63) is 23.8 Å². The van der Waals surface area contributed by atoms with Crippen LogP contribution < -0.4 is 0 Å². The average Bonchev–Trinajstić information content (AvgIpc) is 2.55. The molecule has 0 bridgehead atoms. The van der Waals surface area contributed by atoms with Crippen LogP contribution in [0.1, 0.15) is 97.3 Å². The van der Waals surface area contributed by atoms with Gasteiger partial charge in [0.05, 0.1) is 0 Å². The van der Waals surface area contributed by atoms with E-state index in [1.54, 1.807) is 0 Å². The molecule has 0 saturated heterocycles. The maximum Gasteiger partial charge on any atom is -0.0165 e. The fourth-order valence-electron chi connectivity index (χ4n) is 4.43. The average molecular weight is 303 g/mol. The van der Waals surface area contributed by atoms with E-state index in [1.807, 2.05) is 5.57 Å². The van der Waals surface area contributed by atoms with Crippen LogP contribution >= 0.6 is 0 Å². The number of hydrogen-bond acceptors (Lipinski definition) is 0. The van der Waals surface area contributed by atoms with Crippen molar-refractivity contribution in [1.82, 2.24) is 0 Å². The molecule has 0 heteroatoms. The first-order valence-corrected chi connectivity index (χ1v) is 10.2. The van der Waals surface area contributed by atoms with E-state index >= 15 is 0 Å². The molecule has 0 saturated carbocycles. The Labute approximate surface area is 139 Å². The van der Waals surface area contributed by atoms with Gasteiger partial charge in [-0.1, -0.05) is 82.6 Å². The van der Waals surface area contributed by atoms with Gasteiger partial charge >= 0.3 is 0 Å². The first kappa shape index (κ1) is 17.8. The van der Waals surface area contributed by atoms with Gasteiger partial charge in [0, 0.05) is 0 Å². The predicted molar refractivity (Wildman–Crippen MR) is 99.1 cm³/mol. The maximum absolute atomic E-state index is 2.73. The van der Waals surface area contributed by atoms with Gasteiger partial charge in [0.1, 0.15) is 0 Å². The molecule has 0 N–H and O–H groups in total. The molecule has 0 aliphatic heterocycles. The minimum atomic E-state index is 0.865. The molecule has 0 aromatic carbocycles. The van der Waals surface area contributed by atoms with Gasteiger partial charge in [-0.2, -0.15) is 0 Å². The molecule has 3 unspecified atom stereocenters. The number of fused-ring (bicyclic) bond motifs is 1. The van der Waals surface area contributed by atoms with Crippen molar-refractivity contribution in [2.45, 2.75) is 97.3 Å². The van der Waals surface area contributed by atoms with E-state index in [4.69, 9.17) is 0 Å². The van der Waals surface area contributed by atoms with E-state index in [1.165, 1.54) is 83.5 Å². The summed E-state index contributed by atoms with van der Waals surface area (Å²) in [6.45, 7) is 4.63. The summed E-state index contributed by atoms with van der Waals surface area (Å²) in [5.41, 5.74) is 1.85. The summed E-state index contributed by atoms with van der Waals surface area (Å²) in [7, 11) is 0. The Hall–Kier alpha value is -0.520. The standard InChI is InChI=1S/C22H38/c1-3-5-7-9-13-19-17-21-15-11-12-16-22(21)18-20(19)14-10-8-6-4-2/h11,15,18-19,21-22H,3-10,12-14,16-17H2,1-2H3. The van der Waals surface area contributed by atoms with Crippen LogP contribution in [0.5, 0.6) is 0 Å². The highest BCUT2D eigenvalue weighted by Crippen LogP contribution is 2.42. The Balaban J connectivity index is 1.89. The van der Waals surface area contributed by atoms with Gasteiger partial charge in [-0.25, -0.2) is 0 Å². The molecular weight excluding hydrogens is 264 g/mol. The van der Waals surface area contributed by atoms with Crippen LogP contribution in [0.4, 0.5) is 0 Å². The second-order valence-corrected chi connectivity index (χ2v) is 7.67. The second kappa shape index (κ2) is 10.3. The van der Waals surface area contributed by atoms with Crippen LogP contribution in [0.3, 0.4) is 0 Å². The molecule has 2 aliphatic carbocycles. The number of hydrogen-bond donors (Lipinski definition) is 0. The molecule has 0 aromatic rings. The molecule has 0 heterocycles. The zero-order chi connectivity index (χ0) is 15.6. The molecule has 22 heavy (non-hydrogen) atoms. The summed E-state index contributed by atoms with van der Waals surface area (Å²) in [6.07, 6.45) is 26.0. The molecule has 3 atom stereocenters. The second-order valence-electron chi connectivity index (χ2n) is 7.67. The van der Waals surface area contributed by atoms with Crippen LogP contribution in [0, 0.1) is 17.8 Å². The normalized spacial score (nSPS) is 27.5. The van der Waals surface area contributed by atoms with Gasteiger partial charge in [-0.3, -0.25) is 0 Å². The highest BCUT2D eigenvalue weighted by molar-refractivity contribution is 5.18. The summed E-state index contributed by atoms with van der Waals surface area (Å²) in [6, 6.07) is 0. The molecule has 2 aliphatic rings. The molecule has 0 fully saturated rings. The molecule has 0 radical (unpaired) electrons. The topological polar surface area (TPSA) is 0 Å². The van der Waals surface area contributed by atoms with Crippen LogP contribution in [0.15, 0.2) is 23.8 Å². The Morgan fingerprint density at radius 2 is 1.68 bits per heavy atom. The SMILES string of the molecule is CCCCCCC1=CC2CCC=CC2CC1CCCCCC. The summed E-state index contributed by atoms with van der Waals surface area (Å²) in [5, 5.41) is 0. The van der Waals surface area contributed by atoms with Crippen LogP contribution in [-0.4, -0.2) is 0 Å². The zero-order valence-electron chi connectivity index (χ0n) is 15.2. The van der Waals surface area contributed by atoms with E-state index < -0.39 is 0 Å². The fourth-order valence-corrected chi connectivity index (χ4v) is 4.43. The first-order valence-electron chi connectivity index (χ1n) is 10.2. The molecule has 0 amide bonds. The summed E-state index contributed by atoms with van der Waals surface area (Å²) in [5.74, 6) is 2.64. The summed E-state index contributed by atoms with van der Waals surface area (Å²) >= 11 is 0. The fraction of sp³-hybridized carbons (Fsp3) is 0.818. The maximum atomic E-state index is 2.73. The Kier molecular flexibility index (Phi) is 8.34. The van der Waals surface area contributed by atoms with Crippen molar-refractivity contribution >= 4 is 0 Å². The minimum absolute atomic E-state index is 0.865. The van der Waals surface area contributed by atoms with Crippen molar-refractivity contribution in [2.24, 2.45) is 17.8 Å². The summed E-state index contributed by atoms with van der Waals surface area (Å²) < 4.78 is 0. The monoisotopic (exact) mass is 302 g/mol. The third-order valence-corrected chi connectivity index (χ3v) is 5.83. The Bertz CT molecular complexity index is 349. The quantitative estimate of drug-likeness (QED) is 0.290. The van der Waals surface area contributed by atoms with Gasteiger partial charge in [-0.15, -0.1) is 0 Å². The van der Waals surface area contributed by atoms with Crippen LogP contribution in [0.25, 0.3) is 0 Å². The van der Waals surface area contributed by atoms with Gasteiger partial charge < -0.3 is 0 Å². The predicted octanol–water partition coefficient (Wildman–Crippen LogP) is 7.46. The lowest BCUT2D eigenvalue weighted by atomic mass is 9.69. The van der Waals surface area contributed by atoms with Gasteiger partial charge in [0.15, 0.2) is 0 Å². The zero-order valence-corrected chi connectivity index (χ0v) is 15.2. The lowest BCUT2D eigenvalue weighted by Crippen LogP contribution is -2.24. The van der Waals surface area contributed by atoms with Crippen molar-refractivity contribution in [3.8, 4) is 0 Å². The highest BCUT2D eigenvalue weighted by atomic mass is 14.3. The molecule has 2 rings (SSSR count). The number of rotatable bonds is 10. The van der Waals surface area contributed by atoms with Crippen LogP contribution in [-0.2, 0) is 0 Å². The van der Waals surface area contributed by atoms with Crippen LogP contribution in [0.2, 0.25) is 0 Å². The third kappa shape index (κ3) is 5.60. The largest absolute Gasteiger partial charge is 0.0882 e. The van der Waals surface area contributed by atoms with Gasteiger partial charge in [0.25, 0.3) is 0 Å². The molecule has 126 valence electrons. The van der Waals surface area contributed by atoms with Crippen molar-refractivity contribution in [2.75, 3.05) is 0 Å². The van der Waals surface area contributed by atoms with E-state index in [2.05, 4.69) is 32.1 Å². The van der Waals surface area contributed by atoms with Gasteiger partial charge in [0.2, 0.25) is 0 Å². The Morgan fingerprint density at radius 3 is 2.45 bits per heavy atom. The highest BCUT2D eigenvalue weighted by Gasteiger charge is 2.29. The molecule has 0 nitrogen and oxygen atoms in total. The molecular formula is C22H38. The lowest BCUT2D eigenvalue weighted by molar-refractivity contribution is 0.306. The number of allylic oxidation sites excluding steroid dienone is 4. The van der Waals surface area contributed by atoms with Gasteiger partial charge in [-0.05, 0) is 56.3 Å². The molecule has 0 spiro atoms. The van der Waals surface area contributed by atoms with Crippen molar-refractivity contribution in [3.63, 3.8) is 0 Å². The minimum Gasteiger partial charge on any atom is -0.0882 e. The first-order chi connectivity index (χ1) is 10.8. The van der Waals surface area contributed by atoms with Crippen molar-refractivity contribution < 1.29 is 0 Å². The van der Waals surface area contributed by atoms with E-state index in [0.29, 0.717) is 0 Å². The Morgan fingerprint density at radius 1 is 0.909 bits per heavy atom. The van der Waals surface area contributed by atoms with E-state index in [0.717, 1.165) is 17.8 Å². The summed E-state index contributed by atoms with van der Waals surface area (Å²) in [4.78, 5) is 0. The smallest absolute Gasteiger partial charge is 0.0165 e. The third-order valence-electron chi connectivity index (χ3n) is 5.83. The van der Waals surface area contributed by atoms with E-state index in [9.17, 15) is 0 Å². The van der Waals surface area contributed by atoms with E-state index in [-0.39, 0.29) is 0 Å². The molecule has 0 aromatic heterocycles. The van der Waals surface area contributed by atoms with Crippen molar-refractivity contribution in [1.29, 1.82) is 0 Å².